The molecule has 2 aromatic heterocycles. The second kappa shape index (κ2) is 3.72. The van der Waals surface area contributed by atoms with Crippen LogP contribution in [-0.2, 0) is 0 Å². The van der Waals surface area contributed by atoms with Crippen LogP contribution in [0, 0.1) is 11.3 Å². The Kier molecular flexibility index (Phi) is 2.25. The van der Waals surface area contributed by atoms with Crippen molar-refractivity contribution < 1.29 is 0 Å². The molecule has 0 amide bonds. The molecule has 0 aliphatic rings. The molecule has 2 heterocycles. The Morgan fingerprint density at radius 2 is 2.20 bits per heavy atom. The topological polar surface area (TPSA) is 82.4 Å². The fourth-order valence-corrected chi connectivity index (χ4v) is 1.13. The normalized spacial score (nSPS) is 9.53. The first-order valence-corrected chi connectivity index (χ1v) is 4.22. The van der Waals surface area contributed by atoms with Crippen molar-refractivity contribution >= 4 is 0 Å². The van der Waals surface area contributed by atoms with Crippen LogP contribution in [-0.4, -0.2) is 15.2 Å². The number of aromatic nitrogens is 3. The Morgan fingerprint density at radius 3 is 2.87 bits per heavy atom. The highest BCUT2D eigenvalue weighted by atomic mass is 16.1. The predicted molar refractivity (Wildman–Crippen MR) is 52.8 cm³/mol. The van der Waals surface area contributed by atoms with E-state index in [1.165, 1.54) is 6.07 Å². The average molecular weight is 198 g/mol. The van der Waals surface area contributed by atoms with Gasteiger partial charge in [-0.2, -0.15) is 10.4 Å². The molecule has 0 saturated heterocycles. The van der Waals surface area contributed by atoms with E-state index < -0.39 is 5.56 Å². The van der Waals surface area contributed by atoms with Crippen molar-refractivity contribution in [2.45, 2.75) is 0 Å². The molecule has 5 nitrogen and oxygen atoms in total. The number of H-pyrrole nitrogens is 1. The number of aromatic amines is 1. The minimum absolute atomic E-state index is 0.0330. The van der Waals surface area contributed by atoms with E-state index >= 15 is 0 Å². The lowest BCUT2D eigenvalue weighted by atomic mass is 10.2. The Hall–Kier alpha value is -2.48. The van der Waals surface area contributed by atoms with Gasteiger partial charge in [-0.15, -0.1) is 0 Å². The number of nitriles is 1. The number of rotatable bonds is 1. The van der Waals surface area contributed by atoms with Gasteiger partial charge in [0.25, 0.3) is 5.56 Å². The van der Waals surface area contributed by atoms with Crippen LogP contribution in [0.25, 0.3) is 11.4 Å². The fourth-order valence-electron chi connectivity index (χ4n) is 1.13. The smallest absolute Gasteiger partial charge is 0.267 e. The third kappa shape index (κ3) is 1.74. The van der Waals surface area contributed by atoms with Crippen molar-refractivity contribution in [2.75, 3.05) is 0 Å². The van der Waals surface area contributed by atoms with E-state index in [-0.39, 0.29) is 5.56 Å². The van der Waals surface area contributed by atoms with Gasteiger partial charge in [0.2, 0.25) is 0 Å². The second-order valence-corrected chi connectivity index (χ2v) is 2.82. The number of nitrogens with zero attached hydrogens (tertiary/aromatic N) is 3. The van der Waals surface area contributed by atoms with E-state index in [9.17, 15) is 4.79 Å². The summed E-state index contributed by atoms with van der Waals surface area (Å²) in [5, 5.41) is 14.7. The van der Waals surface area contributed by atoms with Gasteiger partial charge in [0.1, 0.15) is 17.3 Å². The summed E-state index contributed by atoms with van der Waals surface area (Å²) in [4.78, 5) is 15.1. The summed E-state index contributed by atoms with van der Waals surface area (Å²) in [5.74, 6) is 0. The van der Waals surface area contributed by atoms with Gasteiger partial charge in [-0.3, -0.25) is 9.78 Å². The number of hydrogen-bond donors (Lipinski definition) is 1. The predicted octanol–water partition coefficient (Wildman–Crippen LogP) is 0.704. The highest BCUT2D eigenvalue weighted by molar-refractivity contribution is 5.54. The molecule has 0 unspecified atom stereocenters. The van der Waals surface area contributed by atoms with E-state index in [1.807, 2.05) is 0 Å². The van der Waals surface area contributed by atoms with Crippen LogP contribution < -0.4 is 5.56 Å². The Bertz CT molecular complexity index is 568. The molecule has 0 aliphatic carbocycles. The number of nitrogens with one attached hydrogen (secondary N) is 1. The minimum atomic E-state index is -0.489. The second-order valence-electron chi connectivity index (χ2n) is 2.82. The molecule has 2 rings (SSSR count). The van der Waals surface area contributed by atoms with Crippen LogP contribution in [0.4, 0.5) is 0 Å². The van der Waals surface area contributed by atoms with E-state index in [1.54, 1.807) is 30.5 Å². The molecule has 0 radical (unpaired) electrons. The summed E-state index contributed by atoms with van der Waals surface area (Å²) >= 11 is 0. The van der Waals surface area contributed by atoms with E-state index in [4.69, 9.17) is 5.26 Å². The van der Waals surface area contributed by atoms with Crippen LogP contribution in [0.5, 0.6) is 0 Å². The molecular weight excluding hydrogens is 192 g/mol. The Balaban J connectivity index is 2.57. The zero-order valence-corrected chi connectivity index (χ0v) is 7.64. The summed E-state index contributed by atoms with van der Waals surface area (Å²) in [7, 11) is 0. The lowest BCUT2D eigenvalue weighted by Crippen LogP contribution is -2.12. The standard InChI is InChI=1S/C10H6N4O/c11-6-7-5-9(13-14-10(7)15)8-3-1-2-4-12-8/h1-5H,(H,14,15). The SMILES string of the molecule is N#Cc1cc(-c2ccccn2)n[nH]c1=O. The first-order valence-electron chi connectivity index (χ1n) is 4.22. The van der Waals surface area contributed by atoms with Crippen LogP contribution >= 0.6 is 0 Å². The molecule has 15 heavy (non-hydrogen) atoms. The molecule has 0 saturated carbocycles. The van der Waals surface area contributed by atoms with Crippen LogP contribution in [0.15, 0.2) is 35.3 Å². The summed E-state index contributed by atoms with van der Waals surface area (Å²) in [6, 6.07) is 8.55. The van der Waals surface area contributed by atoms with Gasteiger partial charge in [-0.25, -0.2) is 5.10 Å². The highest BCUT2D eigenvalue weighted by Gasteiger charge is 2.04. The molecule has 2 aromatic rings. The zero-order valence-electron chi connectivity index (χ0n) is 7.64. The highest BCUT2D eigenvalue weighted by Crippen LogP contribution is 2.11. The van der Waals surface area contributed by atoms with E-state index in [2.05, 4.69) is 15.2 Å². The summed E-state index contributed by atoms with van der Waals surface area (Å²) < 4.78 is 0. The summed E-state index contributed by atoms with van der Waals surface area (Å²) in [6.07, 6.45) is 1.62. The van der Waals surface area contributed by atoms with Crippen molar-refractivity contribution in [1.29, 1.82) is 5.26 Å². The van der Waals surface area contributed by atoms with Crippen molar-refractivity contribution in [2.24, 2.45) is 0 Å². The molecule has 0 spiro atoms. The Labute approximate surface area is 85.0 Å². The quantitative estimate of drug-likeness (QED) is 0.731. The van der Waals surface area contributed by atoms with Gasteiger partial charge >= 0.3 is 0 Å². The lowest BCUT2D eigenvalue weighted by molar-refractivity contribution is 0.981. The van der Waals surface area contributed by atoms with Gasteiger partial charge in [0.15, 0.2) is 0 Å². The van der Waals surface area contributed by atoms with Gasteiger partial charge < -0.3 is 0 Å². The summed E-state index contributed by atoms with van der Waals surface area (Å²) in [6.45, 7) is 0. The van der Waals surface area contributed by atoms with Crippen molar-refractivity contribution in [3.05, 3.63) is 46.4 Å². The van der Waals surface area contributed by atoms with E-state index in [0.717, 1.165) is 0 Å². The molecule has 72 valence electrons. The zero-order chi connectivity index (χ0) is 10.7. The molecule has 0 atom stereocenters. The monoisotopic (exact) mass is 198 g/mol. The van der Waals surface area contributed by atoms with Gasteiger partial charge in [-0.05, 0) is 18.2 Å². The largest absolute Gasteiger partial charge is 0.282 e. The van der Waals surface area contributed by atoms with E-state index in [0.29, 0.717) is 11.4 Å². The third-order valence-corrected chi connectivity index (χ3v) is 1.85. The first-order chi connectivity index (χ1) is 7.31. The number of pyridine rings is 1. The maximum Gasteiger partial charge on any atom is 0.282 e. The molecule has 0 aromatic carbocycles. The molecule has 0 aliphatic heterocycles. The van der Waals surface area contributed by atoms with Crippen LogP contribution in [0.3, 0.4) is 0 Å². The van der Waals surface area contributed by atoms with Crippen molar-refractivity contribution in [3.8, 4) is 17.5 Å². The van der Waals surface area contributed by atoms with Crippen molar-refractivity contribution in [1.82, 2.24) is 15.2 Å². The maximum absolute atomic E-state index is 11.1. The van der Waals surface area contributed by atoms with Gasteiger partial charge in [0.05, 0.1) is 5.69 Å². The molecule has 1 N–H and O–H groups in total. The van der Waals surface area contributed by atoms with Gasteiger partial charge in [0, 0.05) is 6.20 Å². The van der Waals surface area contributed by atoms with Crippen LogP contribution in [0.1, 0.15) is 5.56 Å². The number of hydrogen-bond acceptors (Lipinski definition) is 4. The average Bonchev–Trinajstić information content (AvgIpc) is 2.31. The molecule has 5 heteroatoms. The first kappa shape index (κ1) is 9.09. The fraction of sp³-hybridized carbons (Fsp3) is 0. The molecular formula is C10H6N4O. The molecule has 0 bridgehead atoms. The third-order valence-electron chi connectivity index (χ3n) is 1.85. The van der Waals surface area contributed by atoms with Gasteiger partial charge in [-0.1, -0.05) is 6.07 Å². The van der Waals surface area contributed by atoms with Crippen LogP contribution in [0.2, 0.25) is 0 Å². The molecule has 0 fully saturated rings. The lowest BCUT2D eigenvalue weighted by Gasteiger charge is -1.97. The summed E-state index contributed by atoms with van der Waals surface area (Å²) in [5.41, 5.74) is 0.639. The Morgan fingerprint density at radius 1 is 1.33 bits per heavy atom. The maximum atomic E-state index is 11.1. The minimum Gasteiger partial charge on any atom is -0.267 e. The van der Waals surface area contributed by atoms with Crippen molar-refractivity contribution in [3.63, 3.8) is 0 Å².